The minimum Gasteiger partial charge on any atom is -0.481 e. The first-order chi connectivity index (χ1) is 9.80. The fourth-order valence-corrected chi connectivity index (χ4v) is 4.01. The average Bonchev–Trinajstić information content (AvgIpc) is 2.46. The van der Waals surface area contributed by atoms with Gasteiger partial charge < -0.3 is 10.0 Å². The minimum absolute atomic E-state index is 0.123. The zero-order valence-electron chi connectivity index (χ0n) is 13.6. The quantitative estimate of drug-likeness (QED) is 0.807. The van der Waals surface area contributed by atoms with Crippen molar-refractivity contribution in [2.24, 2.45) is 17.8 Å². The summed E-state index contributed by atoms with van der Waals surface area (Å²) in [7, 11) is 0. The second-order valence-electron chi connectivity index (χ2n) is 7.74. The van der Waals surface area contributed by atoms with Crippen molar-refractivity contribution in [3.05, 3.63) is 0 Å². The lowest BCUT2D eigenvalue weighted by Gasteiger charge is -2.46. The molecule has 0 aromatic rings. The number of amides is 1. The maximum atomic E-state index is 12.4. The van der Waals surface area contributed by atoms with E-state index in [1.54, 1.807) is 0 Å². The van der Waals surface area contributed by atoms with Crippen molar-refractivity contribution >= 4 is 11.9 Å². The van der Waals surface area contributed by atoms with Crippen LogP contribution in [0.1, 0.15) is 65.7 Å². The highest BCUT2D eigenvalue weighted by atomic mass is 16.4. The first kappa shape index (κ1) is 16.3. The number of likely N-dealkylation sites (tertiary alicyclic amines) is 1. The van der Waals surface area contributed by atoms with E-state index in [1.165, 1.54) is 6.42 Å². The summed E-state index contributed by atoms with van der Waals surface area (Å²) in [6, 6.07) is 0. The summed E-state index contributed by atoms with van der Waals surface area (Å²) >= 11 is 0. The van der Waals surface area contributed by atoms with Gasteiger partial charge in [0.05, 0.1) is 5.92 Å². The first-order valence-electron chi connectivity index (χ1n) is 8.34. The number of hydrogen-bond donors (Lipinski definition) is 1. The number of nitrogens with zero attached hydrogens (tertiary/aromatic N) is 1. The summed E-state index contributed by atoms with van der Waals surface area (Å²) in [5.41, 5.74) is -0.219. The van der Waals surface area contributed by atoms with Gasteiger partial charge in [0, 0.05) is 18.5 Å². The van der Waals surface area contributed by atoms with E-state index in [0.717, 1.165) is 32.1 Å². The molecule has 3 atom stereocenters. The van der Waals surface area contributed by atoms with Gasteiger partial charge in [-0.2, -0.15) is 0 Å². The Morgan fingerprint density at radius 2 is 1.76 bits per heavy atom. The zero-order chi connectivity index (χ0) is 15.6. The molecule has 1 aliphatic heterocycles. The predicted molar refractivity (Wildman–Crippen MR) is 81.9 cm³/mol. The molecule has 21 heavy (non-hydrogen) atoms. The Hall–Kier alpha value is -1.06. The molecular formula is C17H29NO3. The molecule has 1 saturated carbocycles. The Morgan fingerprint density at radius 3 is 2.33 bits per heavy atom. The standard InChI is InChI=1S/C17H29NO3/c1-17(2,3)18-11-14-12(10-15(18)19)8-6-4-5-7-9-13(14)16(20)21/h12-14H,4-11H2,1-3H3,(H,20,21)/t12?,13-,14-/m1/s1. The van der Waals surface area contributed by atoms with Crippen LogP contribution in [-0.4, -0.2) is 34.0 Å². The summed E-state index contributed by atoms with van der Waals surface area (Å²) in [4.78, 5) is 26.1. The van der Waals surface area contributed by atoms with Crippen molar-refractivity contribution in [1.29, 1.82) is 0 Å². The largest absolute Gasteiger partial charge is 0.481 e. The van der Waals surface area contributed by atoms with E-state index in [4.69, 9.17) is 0 Å². The first-order valence-corrected chi connectivity index (χ1v) is 8.34. The number of carbonyl (C=O) groups is 2. The molecule has 0 aromatic heterocycles. The molecule has 0 radical (unpaired) electrons. The molecule has 2 aliphatic rings. The van der Waals surface area contributed by atoms with Crippen molar-refractivity contribution in [3.63, 3.8) is 0 Å². The van der Waals surface area contributed by atoms with Crippen molar-refractivity contribution in [2.75, 3.05) is 6.54 Å². The Balaban J connectivity index is 2.25. The molecule has 2 rings (SSSR count). The number of rotatable bonds is 1. The molecule has 1 unspecified atom stereocenters. The van der Waals surface area contributed by atoms with Crippen LogP contribution in [0, 0.1) is 17.8 Å². The highest BCUT2D eigenvalue weighted by Crippen LogP contribution is 2.39. The second kappa shape index (κ2) is 6.37. The topological polar surface area (TPSA) is 57.6 Å². The Morgan fingerprint density at radius 1 is 1.14 bits per heavy atom. The van der Waals surface area contributed by atoms with E-state index < -0.39 is 5.97 Å². The molecule has 4 nitrogen and oxygen atoms in total. The van der Waals surface area contributed by atoms with E-state index in [2.05, 4.69) is 0 Å². The van der Waals surface area contributed by atoms with Crippen LogP contribution >= 0.6 is 0 Å². The van der Waals surface area contributed by atoms with Crippen LogP contribution in [0.5, 0.6) is 0 Å². The summed E-state index contributed by atoms with van der Waals surface area (Å²) in [5.74, 6) is -0.374. The second-order valence-corrected chi connectivity index (χ2v) is 7.74. The van der Waals surface area contributed by atoms with Crippen LogP contribution in [0.2, 0.25) is 0 Å². The Bertz CT molecular complexity index is 399. The van der Waals surface area contributed by atoms with Gasteiger partial charge in [-0.1, -0.05) is 25.7 Å². The molecule has 0 aromatic carbocycles. The van der Waals surface area contributed by atoms with Gasteiger partial charge in [-0.25, -0.2) is 0 Å². The third-order valence-electron chi connectivity index (χ3n) is 5.22. The minimum atomic E-state index is -0.671. The molecule has 1 N–H and O–H groups in total. The normalized spacial score (nSPS) is 31.9. The van der Waals surface area contributed by atoms with Crippen LogP contribution in [0.25, 0.3) is 0 Å². The van der Waals surface area contributed by atoms with E-state index in [0.29, 0.717) is 13.0 Å². The van der Waals surface area contributed by atoms with Gasteiger partial charge in [-0.3, -0.25) is 9.59 Å². The van der Waals surface area contributed by atoms with E-state index in [-0.39, 0.29) is 29.2 Å². The Kier molecular flexibility index (Phi) is 4.95. The number of hydrogen-bond acceptors (Lipinski definition) is 2. The van der Waals surface area contributed by atoms with E-state index in [1.807, 2.05) is 25.7 Å². The maximum Gasteiger partial charge on any atom is 0.306 e. The molecule has 0 spiro atoms. The molecule has 0 bridgehead atoms. The smallest absolute Gasteiger partial charge is 0.306 e. The third kappa shape index (κ3) is 3.78. The van der Waals surface area contributed by atoms with Crippen LogP contribution in [0.15, 0.2) is 0 Å². The van der Waals surface area contributed by atoms with Gasteiger partial charge in [-0.05, 0) is 45.4 Å². The number of carbonyl (C=O) groups excluding carboxylic acids is 1. The van der Waals surface area contributed by atoms with Crippen molar-refractivity contribution < 1.29 is 14.7 Å². The summed E-state index contributed by atoms with van der Waals surface area (Å²) in [6.45, 7) is 6.73. The highest BCUT2D eigenvalue weighted by Gasteiger charge is 2.43. The van der Waals surface area contributed by atoms with E-state index in [9.17, 15) is 14.7 Å². The number of carboxylic acids is 1. The number of piperidine rings is 1. The van der Waals surface area contributed by atoms with Crippen LogP contribution in [-0.2, 0) is 9.59 Å². The lowest BCUT2D eigenvalue weighted by atomic mass is 9.73. The van der Waals surface area contributed by atoms with Crippen LogP contribution in [0.4, 0.5) is 0 Å². The highest BCUT2D eigenvalue weighted by molar-refractivity contribution is 5.79. The molecule has 1 saturated heterocycles. The van der Waals surface area contributed by atoms with E-state index >= 15 is 0 Å². The molecule has 1 amide bonds. The summed E-state index contributed by atoms with van der Waals surface area (Å²) in [6.07, 6.45) is 6.75. The third-order valence-corrected chi connectivity index (χ3v) is 5.22. The number of aliphatic carboxylic acids is 1. The molecule has 4 heteroatoms. The lowest BCUT2D eigenvalue weighted by molar-refractivity contribution is -0.153. The fourth-order valence-electron chi connectivity index (χ4n) is 4.01. The Labute approximate surface area is 127 Å². The molecule has 2 fully saturated rings. The molecule has 1 heterocycles. The SMILES string of the molecule is CC(C)(C)N1C[C@@H]2C(CCCCCC[C@H]2C(=O)O)CC1=O. The van der Waals surface area contributed by atoms with Gasteiger partial charge in [-0.15, -0.1) is 0 Å². The summed E-state index contributed by atoms with van der Waals surface area (Å²) < 4.78 is 0. The lowest BCUT2D eigenvalue weighted by Crippen LogP contribution is -2.55. The van der Waals surface area contributed by atoms with Gasteiger partial charge in [0.1, 0.15) is 0 Å². The predicted octanol–water partition coefficient (Wildman–Crippen LogP) is 3.30. The maximum absolute atomic E-state index is 12.4. The van der Waals surface area contributed by atoms with Gasteiger partial charge in [0.25, 0.3) is 0 Å². The van der Waals surface area contributed by atoms with Gasteiger partial charge in [0.2, 0.25) is 5.91 Å². The molecular weight excluding hydrogens is 266 g/mol. The van der Waals surface area contributed by atoms with Crippen molar-refractivity contribution in [2.45, 2.75) is 71.3 Å². The van der Waals surface area contributed by atoms with Crippen molar-refractivity contribution in [3.8, 4) is 0 Å². The number of fused-ring (bicyclic) bond motifs is 1. The molecule has 120 valence electrons. The monoisotopic (exact) mass is 295 g/mol. The van der Waals surface area contributed by atoms with Crippen LogP contribution < -0.4 is 0 Å². The van der Waals surface area contributed by atoms with Crippen LogP contribution in [0.3, 0.4) is 0 Å². The fraction of sp³-hybridized carbons (Fsp3) is 0.882. The van der Waals surface area contributed by atoms with Crippen molar-refractivity contribution in [1.82, 2.24) is 4.90 Å². The van der Waals surface area contributed by atoms with Gasteiger partial charge >= 0.3 is 5.97 Å². The zero-order valence-corrected chi connectivity index (χ0v) is 13.6. The molecule has 1 aliphatic carbocycles. The average molecular weight is 295 g/mol. The summed E-state index contributed by atoms with van der Waals surface area (Å²) in [5, 5.41) is 9.64. The number of carboxylic acid groups (broad SMARTS) is 1. The van der Waals surface area contributed by atoms with Gasteiger partial charge in [0.15, 0.2) is 0 Å².